The maximum Gasteiger partial charge on any atom is 0.191 e. The Morgan fingerprint density at radius 3 is 2.77 bits per heavy atom. The van der Waals surface area contributed by atoms with Gasteiger partial charge in [0.05, 0.1) is 6.10 Å². The van der Waals surface area contributed by atoms with Gasteiger partial charge < -0.3 is 14.4 Å². The van der Waals surface area contributed by atoms with E-state index < -0.39 is 6.10 Å². The lowest BCUT2D eigenvalue weighted by Crippen LogP contribution is -2.20. The van der Waals surface area contributed by atoms with Crippen molar-refractivity contribution in [1.29, 1.82) is 0 Å². The van der Waals surface area contributed by atoms with E-state index in [0.29, 0.717) is 29.5 Å². The van der Waals surface area contributed by atoms with Crippen LogP contribution in [0.3, 0.4) is 0 Å². The highest BCUT2D eigenvalue weighted by Gasteiger charge is 2.30. The number of rotatable bonds is 10. The third-order valence-corrected chi connectivity index (χ3v) is 5.22. The lowest BCUT2D eigenvalue weighted by molar-refractivity contribution is 0.101. The predicted octanol–water partition coefficient (Wildman–Crippen LogP) is 3.08. The van der Waals surface area contributed by atoms with Gasteiger partial charge in [0.15, 0.2) is 10.9 Å². The number of aliphatic hydroxyl groups is 1. The summed E-state index contributed by atoms with van der Waals surface area (Å²) in [4.78, 5) is 11.3. The van der Waals surface area contributed by atoms with Gasteiger partial charge in [0.1, 0.15) is 18.2 Å². The standard InChI is InChI=1S/C19H23N3O3S/c1-3-10-22-18(15-4-5-15)20-21-19(22)26-12-16(24)11-25-17-8-6-14(7-9-17)13(2)23/h3,6-9,15-16,24H,1,4-5,10-12H2,2H3. The third-order valence-electron chi connectivity index (χ3n) is 4.11. The van der Waals surface area contributed by atoms with Gasteiger partial charge in [-0.2, -0.15) is 0 Å². The maximum absolute atomic E-state index is 11.3. The van der Waals surface area contributed by atoms with E-state index in [1.807, 2.05) is 6.08 Å². The van der Waals surface area contributed by atoms with E-state index in [2.05, 4.69) is 21.3 Å². The smallest absolute Gasteiger partial charge is 0.191 e. The van der Waals surface area contributed by atoms with Crippen molar-refractivity contribution in [1.82, 2.24) is 14.8 Å². The first-order chi connectivity index (χ1) is 12.6. The van der Waals surface area contributed by atoms with Crippen LogP contribution in [0.15, 0.2) is 42.1 Å². The van der Waals surface area contributed by atoms with Crippen LogP contribution < -0.4 is 4.74 Å². The van der Waals surface area contributed by atoms with E-state index in [1.54, 1.807) is 24.3 Å². The van der Waals surface area contributed by atoms with Crippen molar-refractivity contribution in [3.05, 3.63) is 48.3 Å². The number of aliphatic hydroxyl groups excluding tert-OH is 1. The van der Waals surface area contributed by atoms with Crippen LogP contribution >= 0.6 is 11.8 Å². The summed E-state index contributed by atoms with van der Waals surface area (Å²) in [6.45, 7) is 6.18. The van der Waals surface area contributed by atoms with Crippen molar-refractivity contribution < 1.29 is 14.6 Å². The SMILES string of the molecule is C=CCn1c(SCC(O)COc2ccc(C(C)=O)cc2)nnc1C1CC1. The van der Waals surface area contributed by atoms with E-state index >= 15 is 0 Å². The maximum atomic E-state index is 11.3. The van der Waals surface area contributed by atoms with Crippen molar-refractivity contribution in [2.24, 2.45) is 0 Å². The molecular weight excluding hydrogens is 350 g/mol. The quantitative estimate of drug-likeness (QED) is 0.392. The van der Waals surface area contributed by atoms with Crippen LogP contribution in [-0.2, 0) is 6.54 Å². The Balaban J connectivity index is 1.50. The highest BCUT2D eigenvalue weighted by atomic mass is 32.2. The van der Waals surface area contributed by atoms with Crippen LogP contribution in [0.1, 0.15) is 41.9 Å². The van der Waals surface area contributed by atoms with Crippen LogP contribution in [0.5, 0.6) is 5.75 Å². The molecule has 3 rings (SSSR count). The first-order valence-electron chi connectivity index (χ1n) is 8.67. The zero-order valence-corrected chi connectivity index (χ0v) is 15.6. The van der Waals surface area contributed by atoms with E-state index in [0.717, 1.165) is 11.0 Å². The second-order valence-electron chi connectivity index (χ2n) is 6.37. The fourth-order valence-electron chi connectivity index (χ4n) is 2.55. The van der Waals surface area contributed by atoms with Crippen LogP contribution in [0.25, 0.3) is 0 Å². The van der Waals surface area contributed by atoms with Crippen LogP contribution in [-0.4, -0.2) is 44.1 Å². The Morgan fingerprint density at radius 2 is 2.15 bits per heavy atom. The van der Waals surface area contributed by atoms with Gasteiger partial charge >= 0.3 is 0 Å². The molecule has 1 saturated carbocycles. The Kier molecular flexibility index (Phi) is 6.11. The molecule has 0 bridgehead atoms. The van der Waals surface area contributed by atoms with Crippen LogP contribution in [0.2, 0.25) is 0 Å². The van der Waals surface area contributed by atoms with Gasteiger partial charge in [-0.15, -0.1) is 16.8 Å². The Labute approximate surface area is 157 Å². The number of hydrogen-bond acceptors (Lipinski definition) is 6. The Morgan fingerprint density at radius 1 is 1.42 bits per heavy atom. The summed E-state index contributed by atoms with van der Waals surface area (Å²) < 4.78 is 7.66. The van der Waals surface area contributed by atoms with Crippen molar-refractivity contribution in [2.75, 3.05) is 12.4 Å². The van der Waals surface area contributed by atoms with Crippen LogP contribution in [0.4, 0.5) is 0 Å². The molecule has 26 heavy (non-hydrogen) atoms. The fraction of sp³-hybridized carbons (Fsp3) is 0.421. The minimum Gasteiger partial charge on any atom is -0.491 e. The second-order valence-corrected chi connectivity index (χ2v) is 7.36. The van der Waals surface area contributed by atoms with Gasteiger partial charge in [-0.05, 0) is 44.0 Å². The number of nitrogens with zero attached hydrogens (tertiary/aromatic N) is 3. The molecule has 6 nitrogen and oxygen atoms in total. The van der Waals surface area contributed by atoms with Crippen molar-refractivity contribution >= 4 is 17.5 Å². The van der Waals surface area contributed by atoms with Gasteiger partial charge in [-0.3, -0.25) is 4.79 Å². The molecule has 1 atom stereocenters. The fourth-order valence-corrected chi connectivity index (χ4v) is 3.41. The molecule has 1 unspecified atom stereocenters. The minimum absolute atomic E-state index is 0.0159. The zero-order valence-electron chi connectivity index (χ0n) is 14.8. The summed E-state index contributed by atoms with van der Waals surface area (Å²) in [5, 5.41) is 19.5. The average molecular weight is 373 g/mol. The number of ketones is 1. The predicted molar refractivity (Wildman–Crippen MR) is 101 cm³/mol. The number of carbonyl (C=O) groups excluding carboxylic acids is 1. The average Bonchev–Trinajstić information content (AvgIpc) is 3.41. The molecule has 138 valence electrons. The van der Waals surface area contributed by atoms with E-state index in [1.165, 1.54) is 31.5 Å². The number of allylic oxidation sites excluding steroid dienone is 1. The van der Waals surface area contributed by atoms with E-state index in [-0.39, 0.29) is 12.4 Å². The number of thioether (sulfide) groups is 1. The van der Waals surface area contributed by atoms with Gasteiger partial charge in [-0.25, -0.2) is 0 Å². The summed E-state index contributed by atoms with van der Waals surface area (Å²) in [5.74, 6) is 2.64. The topological polar surface area (TPSA) is 77.2 Å². The van der Waals surface area contributed by atoms with Gasteiger partial charge in [0, 0.05) is 23.8 Å². The lowest BCUT2D eigenvalue weighted by atomic mass is 10.1. The highest BCUT2D eigenvalue weighted by Crippen LogP contribution is 2.40. The molecule has 1 heterocycles. The first kappa shape index (κ1) is 18.7. The zero-order chi connectivity index (χ0) is 18.5. The highest BCUT2D eigenvalue weighted by molar-refractivity contribution is 7.99. The molecule has 7 heteroatoms. The molecule has 1 aromatic carbocycles. The molecule has 1 fully saturated rings. The largest absolute Gasteiger partial charge is 0.491 e. The van der Waals surface area contributed by atoms with Crippen molar-refractivity contribution in [2.45, 2.75) is 43.5 Å². The third kappa shape index (κ3) is 4.74. The van der Waals surface area contributed by atoms with Gasteiger partial charge in [0.25, 0.3) is 0 Å². The number of aromatic nitrogens is 3. The van der Waals surface area contributed by atoms with Crippen LogP contribution in [0, 0.1) is 0 Å². The Bertz CT molecular complexity index is 769. The molecule has 0 amide bonds. The molecule has 0 saturated heterocycles. The minimum atomic E-state index is -0.634. The Hall–Kier alpha value is -2.12. The van der Waals surface area contributed by atoms with Gasteiger partial charge in [0.2, 0.25) is 0 Å². The second kappa shape index (κ2) is 8.51. The molecule has 0 spiro atoms. The molecule has 1 aliphatic rings. The first-order valence-corrected chi connectivity index (χ1v) is 9.65. The number of hydrogen-bond donors (Lipinski definition) is 1. The summed E-state index contributed by atoms with van der Waals surface area (Å²) in [7, 11) is 0. The summed E-state index contributed by atoms with van der Waals surface area (Å²) >= 11 is 1.47. The number of benzene rings is 1. The summed E-state index contributed by atoms with van der Waals surface area (Å²) in [6, 6.07) is 6.91. The van der Waals surface area contributed by atoms with E-state index in [4.69, 9.17) is 4.74 Å². The summed E-state index contributed by atoms with van der Waals surface area (Å²) in [5.41, 5.74) is 0.640. The molecular formula is C19H23N3O3S. The summed E-state index contributed by atoms with van der Waals surface area (Å²) in [6.07, 6.45) is 3.53. The number of Topliss-reactive ketones (excluding diaryl/α,β-unsaturated/α-hetero) is 1. The normalized spacial score (nSPS) is 14.8. The molecule has 1 N–H and O–H groups in total. The molecule has 0 radical (unpaired) electrons. The van der Waals surface area contributed by atoms with Crippen molar-refractivity contribution in [3.63, 3.8) is 0 Å². The monoisotopic (exact) mass is 373 g/mol. The molecule has 0 aliphatic heterocycles. The molecule has 1 aliphatic carbocycles. The van der Waals surface area contributed by atoms with E-state index in [9.17, 15) is 9.90 Å². The van der Waals surface area contributed by atoms with Crippen molar-refractivity contribution in [3.8, 4) is 5.75 Å². The van der Waals surface area contributed by atoms with Gasteiger partial charge in [-0.1, -0.05) is 17.8 Å². The number of carbonyl (C=O) groups is 1. The molecule has 1 aromatic heterocycles. The number of ether oxygens (including phenoxy) is 1. The lowest BCUT2D eigenvalue weighted by Gasteiger charge is -2.12. The molecule has 2 aromatic rings.